The van der Waals surface area contributed by atoms with Crippen LogP contribution in [0.3, 0.4) is 0 Å². The Hall–Kier alpha value is -2.62. The summed E-state index contributed by atoms with van der Waals surface area (Å²) in [6.07, 6.45) is 4.45. The highest BCUT2D eigenvalue weighted by molar-refractivity contribution is 5.89. The number of fused-ring (bicyclic) bond motifs is 1. The van der Waals surface area contributed by atoms with Crippen LogP contribution in [0.2, 0.25) is 0 Å². The number of hydrogen-bond acceptors (Lipinski definition) is 1. The molecule has 148 valence electrons. The van der Waals surface area contributed by atoms with Gasteiger partial charge in [-0.2, -0.15) is 0 Å². The van der Waals surface area contributed by atoms with E-state index in [1.54, 1.807) is 0 Å². The fraction of sp³-hybridized carbons (Fsp3) is 0.348. The monoisotopic (exact) mass is 372 g/mol. The topological polar surface area (TPSA) is 41.1 Å². The third-order valence-corrected chi connectivity index (χ3v) is 4.60. The van der Waals surface area contributed by atoms with Gasteiger partial charge < -0.3 is 10.6 Å². The Balaban J connectivity index is 0.00000190. The SMILES string of the molecule is CC.CC1=Cc2ccc(C(C)CNC(=O)Nc3ccc(F)cc3)cc2CC1.[HH].[HH]. The van der Waals surface area contributed by atoms with E-state index >= 15 is 0 Å². The Morgan fingerprint density at radius 2 is 1.85 bits per heavy atom. The Labute approximate surface area is 164 Å². The smallest absolute Gasteiger partial charge is 0.319 e. The van der Waals surface area contributed by atoms with Crippen molar-refractivity contribution in [3.63, 3.8) is 0 Å². The van der Waals surface area contributed by atoms with Gasteiger partial charge >= 0.3 is 6.03 Å². The molecule has 1 aliphatic rings. The van der Waals surface area contributed by atoms with Crippen LogP contribution in [0.15, 0.2) is 48.0 Å². The van der Waals surface area contributed by atoms with Crippen LogP contribution < -0.4 is 10.6 Å². The predicted octanol–water partition coefficient (Wildman–Crippen LogP) is 6.62. The minimum Gasteiger partial charge on any atom is -0.337 e. The van der Waals surface area contributed by atoms with Crippen molar-refractivity contribution in [3.05, 3.63) is 70.5 Å². The van der Waals surface area contributed by atoms with E-state index in [1.807, 2.05) is 13.8 Å². The summed E-state index contributed by atoms with van der Waals surface area (Å²) >= 11 is 0. The van der Waals surface area contributed by atoms with E-state index in [9.17, 15) is 9.18 Å². The molecule has 0 radical (unpaired) electrons. The van der Waals surface area contributed by atoms with Gasteiger partial charge in [0, 0.05) is 15.1 Å². The molecule has 1 aliphatic carbocycles. The highest BCUT2D eigenvalue weighted by Crippen LogP contribution is 2.27. The number of aryl methyl sites for hydroxylation is 1. The van der Waals surface area contributed by atoms with Gasteiger partial charge in [0.15, 0.2) is 0 Å². The van der Waals surface area contributed by atoms with Crippen molar-refractivity contribution in [2.75, 3.05) is 11.9 Å². The maximum Gasteiger partial charge on any atom is 0.319 e. The van der Waals surface area contributed by atoms with E-state index in [0.717, 1.165) is 12.8 Å². The minimum atomic E-state index is -0.322. The molecule has 0 spiro atoms. The van der Waals surface area contributed by atoms with Crippen molar-refractivity contribution in [1.82, 2.24) is 5.32 Å². The molecular weight excluding hydrogens is 339 g/mol. The first-order chi connectivity index (χ1) is 13.0. The van der Waals surface area contributed by atoms with Crippen LogP contribution in [-0.2, 0) is 6.42 Å². The number of rotatable bonds is 4. The zero-order chi connectivity index (χ0) is 19.8. The molecule has 0 bridgehead atoms. The molecule has 2 aromatic rings. The number of carbonyl (C=O) groups is 1. The number of amides is 2. The highest BCUT2D eigenvalue weighted by atomic mass is 19.1. The lowest BCUT2D eigenvalue weighted by molar-refractivity contribution is 0.251. The van der Waals surface area contributed by atoms with Crippen LogP contribution in [0.4, 0.5) is 14.9 Å². The van der Waals surface area contributed by atoms with Crippen LogP contribution in [0.1, 0.15) is 59.6 Å². The van der Waals surface area contributed by atoms with Gasteiger partial charge in [0.2, 0.25) is 0 Å². The fourth-order valence-corrected chi connectivity index (χ4v) is 3.03. The molecule has 4 heteroatoms. The van der Waals surface area contributed by atoms with Crippen LogP contribution in [0.5, 0.6) is 0 Å². The molecular formula is C23H33FN2O. The van der Waals surface area contributed by atoms with Crippen LogP contribution in [-0.4, -0.2) is 12.6 Å². The molecule has 0 aliphatic heterocycles. The average molecular weight is 373 g/mol. The summed E-state index contributed by atoms with van der Waals surface area (Å²) in [4.78, 5) is 12.0. The lowest BCUT2D eigenvalue weighted by Crippen LogP contribution is -2.31. The maximum absolute atomic E-state index is 12.9. The summed E-state index contributed by atoms with van der Waals surface area (Å²) < 4.78 is 12.9. The molecule has 27 heavy (non-hydrogen) atoms. The molecule has 0 saturated heterocycles. The standard InChI is InChI=1S/C21H23FN2O.C2H6.2H2/c1-14-3-4-18-12-16(5-6-17(18)11-14)15(2)13-23-21(25)24-20-9-7-19(22)8-10-20;1-2;;/h5-12,15H,3-4,13H2,1-2H3,(H2,23,24,25);1-2H3;2*1H. The maximum atomic E-state index is 12.9. The zero-order valence-corrected chi connectivity index (χ0v) is 16.6. The second-order valence-electron chi connectivity index (χ2n) is 6.69. The van der Waals surface area contributed by atoms with Crippen molar-refractivity contribution >= 4 is 17.8 Å². The average Bonchev–Trinajstić information content (AvgIpc) is 2.69. The third-order valence-electron chi connectivity index (χ3n) is 4.60. The first-order valence-corrected chi connectivity index (χ1v) is 9.61. The number of anilines is 1. The van der Waals surface area contributed by atoms with Crippen molar-refractivity contribution in [3.8, 4) is 0 Å². The van der Waals surface area contributed by atoms with Crippen LogP contribution >= 0.6 is 0 Å². The quantitative estimate of drug-likeness (QED) is 0.622. The molecule has 0 heterocycles. The fourth-order valence-electron chi connectivity index (χ4n) is 3.03. The second kappa shape index (κ2) is 9.91. The normalized spacial score (nSPS) is 13.4. The predicted molar refractivity (Wildman–Crippen MR) is 116 cm³/mol. The molecule has 3 rings (SSSR count). The van der Waals surface area contributed by atoms with Gasteiger partial charge in [-0.05, 0) is 66.6 Å². The molecule has 0 fully saturated rings. The Morgan fingerprint density at radius 1 is 1.15 bits per heavy atom. The van der Waals surface area contributed by atoms with Gasteiger partial charge in [-0.1, -0.05) is 50.6 Å². The molecule has 1 unspecified atom stereocenters. The van der Waals surface area contributed by atoms with E-state index in [1.165, 1.54) is 46.5 Å². The summed E-state index contributed by atoms with van der Waals surface area (Å²) in [5.74, 6) is -0.103. The number of nitrogens with one attached hydrogen (secondary N) is 2. The molecule has 3 nitrogen and oxygen atoms in total. The molecule has 2 N–H and O–H groups in total. The van der Waals surface area contributed by atoms with Gasteiger partial charge in [-0.3, -0.25) is 0 Å². The van der Waals surface area contributed by atoms with Gasteiger partial charge in [0.05, 0.1) is 0 Å². The number of hydrogen-bond donors (Lipinski definition) is 2. The molecule has 2 amide bonds. The second-order valence-corrected chi connectivity index (χ2v) is 6.69. The largest absolute Gasteiger partial charge is 0.337 e. The number of carbonyl (C=O) groups excluding carboxylic acids is 1. The molecule has 1 atom stereocenters. The van der Waals surface area contributed by atoms with E-state index in [4.69, 9.17) is 0 Å². The number of halogens is 1. The number of benzene rings is 2. The van der Waals surface area contributed by atoms with Gasteiger partial charge in [0.1, 0.15) is 5.82 Å². The number of urea groups is 1. The van der Waals surface area contributed by atoms with Crippen molar-refractivity contribution in [2.45, 2.75) is 46.5 Å². The van der Waals surface area contributed by atoms with Crippen molar-refractivity contribution in [2.24, 2.45) is 0 Å². The lowest BCUT2D eigenvalue weighted by Gasteiger charge is -2.18. The lowest BCUT2D eigenvalue weighted by atomic mass is 9.89. The Morgan fingerprint density at radius 3 is 2.56 bits per heavy atom. The van der Waals surface area contributed by atoms with Crippen molar-refractivity contribution in [1.29, 1.82) is 0 Å². The molecule has 2 aromatic carbocycles. The summed E-state index contributed by atoms with van der Waals surface area (Å²) in [6.45, 7) is 8.81. The zero-order valence-electron chi connectivity index (χ0n) is 16.6. The minimum absolute atomic E-state index is 0. The van der Waals surface area contributed by atoms with Gasteiger partial charge in [-0.25, -0.2) is 9.18 Å². The van der Waals surface area contributed by atoms with E-state index in [2.05, 4.69) is 48.8 Å². The molecule has 0 saturated carbocycles. The number of allylic oxidation sites excluding steroid dienone is 1. The first kappa shape index (κ1) is 20.7. The van der Waals surface area contributed by atoms with E-state index in [-0.39, 0.29) is 20.6 Å². The Kier molecular flexibility index (Phi) is 7.59. The van der Waals surface area contributed by atoms with Gasteiger partial charge in [-0.15, -0.1) is 0 Å². The summed E-state index contributed by atoms with van der Waals surface area (Å²) in [5, 5.41) is 5.58. The van der Waals surface area contributed by atoms with Crippen molar-refractivity contribution < 1.29 is 12.0 Å². The summed E-state index contributed by atoms with van der Waals surface area (Å²) in [5.41, 5.74) is 5.91. The highest BCUT2D eigenvalue weighted by Gasteiger charge is 2.12. The summed E-state index contributed by atoms with van der Waals surface area (Å²) in [6, 6.07) is 12.0. The van der Waals surface area contributed by atoms with Gasteiger partial charge in [0.25, 0.3) is 0 Å². The van der Waals surface area contributed by atoms with Crippen LogP contribution in [0.25, 0.3) is 6.08 Å². The third kappa shape index (κ3) is 5.95. The first-order valence-electron chi connectivity index (χ1n) is 9.61. The Bertz CT molecular complexity index is 807. The molecule has 0 aromatic heterocycles. The van der Waals surface area contributed by atoms with Crippen LogP contribution in [0, 0.1) is 5.82 Å². The van der Waals surface area contributed by atoms with E-state index < -0.39 is 0 Å². The summed E-state index contributed by atoms with van der Waals surface area (Å²) in [7, 11) is 0. The van der Waals surface area contributed by atoms with E-state index in [0.29, 0.717) is 12.2 Å².